The number of anilines is 1. The minimum atomic E-state index is 0.0596. The van der Waals surface area contributed by atoms with Crippen LogP contribution in [0.2, 0.25) is 0 Å². The summed E-state index contributed by atoms with van der Waals surface area (Å²) in [6, 6.07) is 0. The number of aryl methyl sites for hydroxylation is 1. The Balaban J connectivity index is 2.65. The van der Waals surface area contributed by atoms with Gasteiger partial charge in [-0.25, -0.2) is 4.98 Å². The van der Waals surface area contributed by atoms with Gasteiger partial charge in [-0.2, -0.15) is 0 Å². The van der Waals surface area contributed by atoms with E-state index in [1.54, 1.807) is 18.1 Å². The van der Waals surface area contributed by atoms with E-state index in [2.05, 4.69) is 4.98 Å². The summed E-state index contributed by atoms with van der Waals surface area (Å²) >= 11 is 1.53. The van der Waals surface area contributed by atoms with Gasteiger partial charge in [-0.05, 0) is 21.0 Å². The molecule has 1 heterocycles. The van der Waals surface area contributed by atoms with Crippen LogP contribution in [0.25, 0.3) is 0 Å². The summed E-state index contributed by atoms with van der Waals surface area (Å²) in [6.07, 6.45) is 1.78. The van der Waals surface area contributed by atoms with Gasteiger partial charge < -0.3 is 4.90 Å². The van der Waals surface area contributed by atoms with E-state index in [0.29, 0.717) is 6.54 Å². The monoisotopic (exact) mass is 213 g/mol. The summed E-state index contributed by atoms with van der Waals surface area (Å²) < 4.78 is 0. The van der Waals surface area contributed by atoms with Gasteiger partial charge in [0.2, 0.25) is 5.91 Å². The van der Waals surface area contributed by atoms with Crippen LogP contribution in [0.4, 0.5) is 5.13 Å². The predicted molar refractivity (Wildman–Crippen MR) is 58.8 cm³/mol. The van der Waals surface area contributed by atoms with Crippen molar-refractivity contribution in [2.75, 3.05) is 32.6 Å². The van der Waals surface area contributed by atoms with Crippen molar-refractivity contribution in [3.8, 4) is 0 Å². The van der Waals surface area contributed by atoms with Crippen molar-refractivity contribution in [2.24, 2.45) is 0 Å². The van der Waals surface area contributed by atoms with E-state index in [4.69, 9.17) is 0 Å². The number of rotatable bonds is 3. The molecule has 0 N–H and O–H groups in total. The van der Waals surface area contributed by atoms with Gasteiger partial charge in [-0.1, -0.05) is 0 Å². The van der Waals surface area contributed by atoms with Crippen LogP contribution in [-0.4, -0.2) is 43.5 Å². The van der Waals surface area contributed by atoms with E-state index < -0.39 is 0 Å². The van der Waals surface area contributed by atoms with E-state index in [1.165, 1.54) is 11.3 Å². The van der Waals surface area contributed by atoms with Crippen LogP contribution in [0.15, 0.2) is 6.20 Å². The van der Waals surface area contributed by atoms with Crippen LogP contribution in [0.3, 0.4) is 0 Å². The molecule has 4 nitrogen and oxygen atoms in total. The number of thiazole rings is 1. The summed E-state index contributed by atoms with van der Waals surface area (Å²) in [5.41, 5.74) is 0. The normalized spacial score (nSPS) is 10.6. The quantitative estimate of drug-likeness (QED) is 0.751. The van der Waals surface area contributed by atoms with Gasteiger partial charge in [0, 0.05) is 18.1 Å². The highest BCUT2D eigenvalue weighted by Gasteiger charge is 2.13. The average molecular weight is 213 g/mol. The summed E-state index contributed by atoms with van der Waals surface area (Å²) in [5.74, 6) is 0.0596. The molecular weight excluding hydrogens is 198 g/mol. The molecule has 5 heteroatoms. The zero-order valence-electron chi connectivity index (χ0n) is 8.94. The highest BCUT2D eigenvalue weighted by molar-refractivity contribution is 7.15. The smallest absolute Gasteiger partial charge is 0.242 e. The van der Waals surface area contributed by atoms with Crippen LogP contribution in [0.1, 0.15) is 4.88 Å². The molecule has 0 saturated heterocycles. The summed E-state index contributed by atoms with van der Waals surface area (Å²) in [7, 11) is 5.50. The van der Waals surface area contributed by atoms with Crippen molar-refractivity contribution < 1.29 is 4.79 Å². The number of hydrogen-bond donors (Lipinski definition) is 0. The van der Waals surface area contributed by atoms with E-state index in [0.717, 1.165) is 10.0 Å². The molecule has 0 aliphatic rings. The van der Waals surface area contributed by atoms with Gasteiger partial charge >= 0.3 is 0 Å². The molecule has 0 radical (unpaired) electrons. The lowest BCUT2D eigenvalue weighted by Gasteiger charge is -2.16. The number of nitrogens with zero attached hydrogens (tertiary/aromatic N) is 3. The minimum Gasteiger partial charge on any atom is -0.301 e. The van der Waals surface area contributed by atoms with Crippen molar-refractivity contribution in [2.45, 2.75) is 6.92 Å². The van der Waals surface area contributed by atoms with Crippen LogP contribution >= 0.6 is 11.3 Å². The third-order valence-corrected chi connectivity index (χ3v) is 2.71. The van der Waals surface area contributed by atoms with Crippen molar-refractivity contribution in [3.05, 3.63) is 11.1 Å². The fourth-order valence-corrected chi connectivity index (χ4v) is 1.72. The maximum Gasteiger partial charge on any atom is 0.242 e. The van der Waals surface area contributed by atoms with E-state index in [-0.39, 0.29) is 5.91 Å². The number of carbonyl (C=O) groups excluding carboxylic acids is 1. The lowest BCUT2D eigenvalue weighted by atomic mass is 10.5. The Morgan fingerprint density at radius 2 is 2.14 bits per heavy atom. The summed E-state index contributed by atoms with van der Waals surface area (Å²) in [4.78, 5) is 20.3. The topological polar surface area (TPSA) is 36.4 Å². The van der Waals surface area contributed by atoms with Crippen LogP contribution in [0, 0.1) is 6.92 Å². The van der Waals surface area contributed by atoms with Crippen LogP contribution in [-0.2, 0) is 4.79 Å². The molecule has 1 rings (SSSR count). The van der Waals surface area contributed by atoms with E-state index in [9.17, 15) is 4.79 Å². The third-order valence-electron chi connectivity index (χ3n) is 1.72. The van der Waals surface area contributed by atoms with E-state index in [1.807, 2.05) is 25.9 Å². The summed E-state index contributed by atoms with van der Waals surface area (Å²) in [6.45, 7) is 2.39. The second-order valence-corrected chi connectivity index (χ2v) is 4.66. The van der Waals surface area contributed by atoms with Crippen molar-refractivity contribution >= 4 is 22.4 Å². The first-order valence-electron chi connectivity index (χ1n) is 4.34. The number of aromatic nitrogens is 1. The van der Waals surface area contributed by atoms with Gasteiger partial charge in [0.1, 0.15) is 0 Å². The zero-order valence-corrected chi connectivity index (χ0v) is 9.76. The highest BCUT2D eigenvalue weighted by Crippen LogP contribution is 2.20. The van der Waals surface area contributed by atoms with E-state index >= 15 is 0 Å². The highest BCUT2D eigenvalue weighted by atomic mass is 32.1. The van der Waals surface area contributed by atoms with Crippen molar-refractivity contribution in [3.63, 3.8) is 0 Å². The first kappa shape index (κ1) is 11.1. The van der Waals surface area contributed by atoms with Gasteiger partial charge in [0.05, 0.1) is 6.54 Å². The maximum atomic E-state index is 11.6. The maximum absolute atomic E-state index is 11.6. The van der Waals surface area contributed by atoms with Gasteiger partial charge in [0.15, 0.2) is 5.13 Å². The molecule has 0 aliphatic carbocycles. The Hall–Kier alpha value is -0.940. The molecule has 78 valence electrons. The second-order valence-electron chi connectivity index (χ2n) is 3.44. The Morgan fingerprint density at radius 1 is 1.50 bits per heavy atom. The van der Waals surface area contributed by atoms with Crippen molar-refractivity contribution in [1.29, 1.82) is 0 Å². The molecule has 1 amide bonds. The molecular formula is C9H15N3OS. The predicted octanol–water partition coefficient (Wildman–Crippen LogP) is 0.976. The molecule has 1 aromatic rings. The van der Waals surface area contributed by atoms with Crippen molar-refractivity contribution in [1.82, 2.24) is 9.88 Å². The number of likely N-dealkylation sites (N-methyl/N-ethyl adjacent to an activating group) is 2. The SMILES string of the molecule is Cc1cnc(N(C)C(=O)CN(C)C)s1. The summed E-state index contributed by atoms with van der Waals surface area (Å²) in [5, 5.41) is 0.759. The average Bonchev–Trinajstić information content (AvgIpc) is 2.49. The Morgan fingerprint density at radius 3 is 2.57 bits per heavy atom. The third kappa shape index (κ3) is 2.78. The molecule has 0 atom stereocenters. The number of hydrogen-bond acceptors (Lipinski definition) is 4. The molecule has 0 bridgehead atoms. The molecule has 0 unspecified atom stereocenters. The molecule has 0 aromatic carbocycles. The fraction of sp³-hybridized carbons (Fsp3) is 0.556. The minimum absolute atomic E-state index is 0.0596. The standard InChI is InChI=1S/C9H15N3OS/c1-7-5-10-9(14-7)12(4)8(13)6-11(2)3/h5H,6H2,1-4H3. The van der Waals surface area contributed by atoms with Crippen LogP contribution < -0.4 is 4.90 Å². The molecule has 0 aliphatic heterocycles. The fourth-order valence-electron chi connectivity index (χ4n) is 0.981. The molecule has 0 fully saturated rings. The molecule has 0 spiro atoms. The largest absolute Gasteiger partial charge is 0.301 e. The Kier molecular flexibility index (Phi) is 3.60. The first-order chi connectivity index (χ1) is 6.50. The van der Waals surface area contributed by atoms with Gasteiger partial charge in [-0.3, -0.25) is 9.69 Å². The van der Waals surface area contributed by atoms with Gasteiger partial charge in [-0.15, -0.1) is 11.3 Å². The number of amides is 1. The molecule has 14 heavy (non-hydrogen) atoms. The molecule has 0 saturated carbocycles. The Labute approximate surface area is 88.2 Å². The lowest BCUT2D eigenvalue weighted by Crippen LogP contribution is -2.34. The van der Waals surface area contributed by atoms with Gasteiger partial charge in [0.25, 0.3) is 0 Å². The number of carbonyl (C=O) groups is 1. The first-order valence-corrected chi connectivity index (χ1v) is 5.16. The molecule has 1 aromatic heterocycles. The Bertz CT molecular complexity index is 322. The lowest BCUT2D eigenvalue weighted by molar-refractivity contribution is -0.118. The van der Waals surface area contributed by atoms with Crippen LogP contribution in [0.5, 0.6) is 0 Å². The second kappa shape index (κ2) is 4.52. The zero-order chi connectivity index (χ0) is 10.7.